The SMILES string of the molecule is CCCC(=O)NCC1CN(c2ccc(C)cc2)C(=O)O1. The van der Waals surface area contributed by atoms with Crippen LogP contribution in [0.15, 0.2) is 24.3 Å². The maximum absolute atomic E-state index is 11.8. The number of hydrogen-bond donors (Lipinski definition) is 1. The molecule has 2 amide bonds. The third kappa shape index (κ3) is 3.50. The van der Waals surface area contributed by atoms with Gasteiger partial charge in [0.25, 0.3) is 0 Å². The number of nitrogens with zero attached hydrogens (tertiary/aromatic N) is 1. The van der Waals surface area contributed by atoms with Gasteiger partial charge in [-0.05, 0) is 25.5 Å². The predicted molar refractivity (Wildman–Crippen MR) is 76.7 cm³/mol. The molecule has 5 nitrogen and oxygen atoms in total. The van der Waals surface area contributed by atoms with E-state index in [9.17, 15) is 9.59 Å². The Morgan fingerprint density at radius 2 is 2.10 bits per heavy atom. The number of cyclic esters (lactones) is 1. The van der Waals surface area contributed by atoms with Crippen molar-refractivity contribution >= 4 is 17.7 Å². The molecular formula is C15H20N2O3. The molecule has 5 heteroatoms. The molecule has 1 atom stereocenters. The number of ether oxygens (including phenoxy) is 1. The second kappa shape index (κ2) is 6.41. The molecule has 1 aromatic rings. The molecule has 20 heavy (non-hydrogen) atoms. The Balaban J connectivity index is 1.90. The van der Waals surface area contributed by atoms with Crippen LogP contribution >= 0.6 is 0 Å². The highest BCUT2D eigenvalue weighted by atomic mass is 16.6. The number of anilines is 1. The molecule has 1 heterocycles. The van der Waals surface area contributed by atoms with Crippen molar-refractivity contribution in [3.8, 4) is 0 Å². The van der Waals surface area contributed by atoms with Gasteiger partial charge in [-0.15, -0.1) is 0 Å². The van der Waals surface area contributed by atoms with E-state index in [4.69, 9.17) is 4.74 Å². The number of rotatable bonds is 5. The summed E-state index contributed by atoms with van der Waals surface area (Å²) in [5, 5.41) is 2.78. The highest BCUT2D eigenvalue weighted by Gasteiger charge is 2.32. The lowest BCUT2D eigenvalue weighted by molar-refractivity contribution is -0.121. The first kappa shape index (κ1) is 14.4. The van der Waals surface area contributed by atoms with Crippen LogP contribution in [0.5, 0.6) is 0 Å². The number of hydrogen-bond acceptors (Lipinski definition) is 3. The van der Waals surface area contributed by atoms with Crippen molar-refractivity contribution in [1.29, 1.82) is 0 Å². The van der Waals surface area contributed by atoms with E-state index in [1.807, 2.05) is 38.1 Å². The zero-order valence-corrected chi connectivity index (χ0v) is 11.9. The molecule has 1 N–H and O–H groups in total. The maximum Gasteiger partial charge on any atom is 0.414 e. The Labute approximate surface area is 118 Å². The smallest absolute Gasteiger partial charge is 0.414 e. The molecule has 0 spiro atoms. The van der Waals surface area contributed by atoms with Crippen molar-refractivity contribution in [2.75, 3.05) is 18.0 Å². The van der Waals surface area contributed by atoms with Crippen molar-refractivity contribution in [2.45, 2.75) is 32.8 Å². The Morgan fingerprint density at radius 1 is 1.40 bits per heavy atom. The van der Waals surface area contributed by atoms with E-state index in [1.54, 1.807) is 4.90 Å². The topological polar surface area (TPSA) is 58.6 Å². The van der Waals surface area contributed by atoms with Gasteiger partial charge in [-0.25, -0.2) is 4.79 Å². The molecule has 108 valence electrons. The molecule has 0 bridgehead atoms. The van der Waals surface area contributed by atoms with Gasteiger partial charge < -0.3 is 10.1 Å². The second-order valence-corrected chi connectivity index (χ2v) is 5.01. The van der Waals surface area contributed by atoms with Crippen LogP contribution in [0.2, 0.25) is 0 Å². The summed E-state index contributed by atoms with van der Waals surface area (Å²) in [7, 11) is 0. The first-order valence-corrected chi connectivity index (χ1v) is 6.91. The lowest BCUT2D eigenvalue weighted by Gasteiger charge is -2.13. The van der Waals surface area contributed by atoms with Gasteiger partial charge in [-0.1, -0.05) is 24.6 Å². The van der Waals surface area contributed by atoms with Crippen LogP contribution in [-0.4, -0.2) is 31.2 Å². The third-order valence-corrected chi connectivity index (χ3v) is 3.22. The number of carbonyl (C=O) groups is 2. The molecule has 1 aliphatic heterocycles. The van der Waals surface area contributed by atoms with Gasteiger partial charge in [-0.3, -0.25) is 9.69 Å². The molecular weight excluding hydrogens is 256 g/mol. The molecule has 1 saturated heterocycles. The molecule has 1 aliphatic rings. The first-order chi connectivity index (χ1) is 9.60. The van der Waals surface area contributed by atoms with Crippen LogP contribution < -0.4 is 10.2 Å². The van der Waals surface area contributed by atoms with Crippen LogP contribution in [0.25, 0.3) is 0 Å². The van der Waals surface area contributed by atoms with Crippen molar-refractivity contribution in [3.63, 3.8) is 0 Å². The Morgan fingerprint density at radius 3 is 2.75 bits per heavy atom. The summed E-state index contributed by atoms with van der Waals surface area (Å²) in [5.41, 5.74) is 1.97. The highest BCUT2D eigenvalue weighted by Crippen LogP contribution is 2.21. The molecule has 1 unspecified atom stereocenters. The summed E-state index contributed by atoms with van der Waals surface area (Å²) < 4.78 is 5.26. The standard InChI is InChI=1S/C15H20N2O3/c1-3-4-14(18)16-9-13-10-17(15(19)20-13)12-7-5-11(2)6-8-12/h5-8,13H,3-4,9-10H2,1-2H3,(H,16,18). The van der Waals surface area contributed by atoms with E-state index in [2.05, 4.69) is 5.32 Å². The van der Waals surface area contributed by atoms with E-state index in [0.717, 1.165) is 17.7 Å². The minimum absolute atomic E-state index is 0.00247. The van der Waals surface area contributed by atoms with Crippen molar-refractivity contribution in [2.24, 2.45) is 0 Å². The van der Waals surface area contributed by atoms with Crippen LogP contribution in [0.3, 0.4) is 0 Å². The van der Waals surface area contributed by atoms with E-state index in [1.165, 1.54) is 0 Å². The minimum Gasteiger partial charge on any atom is -0.442 e. The van der Waals surface area contributed by atoms with Crippen molar-refractivity contribution in [3.05, 3.63) is 29.8 Å². The fourth-order valence-corrected chi connectivity index (χ4v) is 2.11. The summed E-state index contributed by atoms with van der Waals surface area (Å²) >= 11 is 0. The Kier molecular flexibility index (Phi) is 4.61. The van der Waals surface area contributed by atoms with Crippen LogP contribution in [0.1, 0.15) is 25.3 Å². The zero-order chi connectivity index (χ0) is 14.5. The van der Waals surface area contributed by atoms with Gasteiger partial charge in [0.2, 0.25) is 5.91 Å². The predicted octanol–water partition coefficient (Wildman–Crippen LogP) is 2.24. The number of carbonyl (C=O) groups excluding carboxylic acids is 2. The fourth-order valence-electron chi connectivity index (χ4n) is 2.11. The van der Waals surface area contributed by atoms with Gasteiger partial charge in [0.15, 0.2) is 0 Å². The quantitative estimate of drug-likeness (QED) is 0.897. The fraction of sp³-hybridized carbons (Fsp3) is 0.467. The van der Waals surface area contributed by atoms with Gasteiger partial charge in [-0.2, -0.15) is 0 Å². The van der Waals surface area contributed by atoms with E-state index in [0.29, 0.717) is 19.5 Å². The van der Waals surface area contributed by atoms with Crippen LogP contribution in [0, 0.1) is 6.92 Å². The van der Waals surface area contributed by atoms with Gasteiger partial charge in [0.1, 0.15) is 6.10 Å². The highest BCUT2D eigenvalue weighted by molar-refractivity contribution is 5.89. The molecule has 0 aliphatic carbocycles. The summed E-state index contributed by atoms with van der Waals surface area (Å²) in [6, 6.07) is 7.71. The van der Waals surface area contributed by atoms with Gasteiger partial charge >= 0.3 is 6.09 Å². The molecule has 1 aromatic carbocycles. The van der Waals surface area contributed by atoms with Crippen molar-refractivity contribution in [1.82, 2.24) is 5.32 Å². The average Bonchev–Trinajstić information content (AvgIpc) is 2.79. The second-order valence-electron chi connectivity index (χ2n) is 5.01. The van der Waals surface area contributed by atoms with Crippen molar-refractivity contribution < 1.29 is 14.3 Å². The number of benzene rings is 1. The van der Waals surface area contributed by atoms with Gasteiger partial charge in [0.05, 0.1) is 13.1 Å². The lowest BCUT2D eigenvalue weighted by atomic mass is 10.2. The summed E-state index contributed by atoms with van der Waals surface area (Å²) in [4.78, 5) is 24.8. The van der Waals surface area contributed by atoms with E-state index >= 15 is 0 Å². The number of amides is 2. The van der Waals surface area contributed by atoms with Gasteiger partial charge in [0, 0.05) is 12.1 Å². The largest absolute Gasteiger partial charge is 0.442 e. The third-order valence-electron chi connectivity index (χ3n) is 3.22. The Bertz CT molecular complexity index is 484. The van der Waals surface area contributed by atoms with Crippen LogP contribution in [0.4, 0.5) is 10.5 Å². The lowest BCUT2D eigenvalue weighted by Crippen LogP contribution is -2.34. The number of aryl methyl sites for hydroxylation is 1. The Hall–Kier alpha value is -2.04. The normalized spacial score (nSPS) is 18.0. The number of nitrogens with one attached hydrogen (secondary N) is 1. The summed E-state index contributed by atoms with van der Waals surface area (Å²) in [6.07, 6.45) is 0.668. The molecule has 0 saturated carbocycles. The summed E-state index contributed by atoms with van der Waals surface area (Å²) in [5.74, 6) is -0.00247. The maximum atomic E-state index is 11.8. The molecule has 0 radical (unpaired) electrons. The summed E-state index contributed by atoms with van der Waals surface area (Å²) in [6.45, 7) is 4.79. The molecule has 1 fully saturated rings. The first-order valence-electron chi connectivity index (χ1n) is 6.91. The van der Waals surface area contributed by atoms with E-state index in [-0.39, 0.29) is 18.1 Å². The monoisotopic (exact) mass is 276 g/mol. The minimum atomic E-state index is -0.358. The zero-order valence-electron chi connectivity index (χ0n) is 11.9. The van der Waals surface area contributed by atoms with Crippen LogP contribution in [-0.2, 0) is 9.53 Å². The average molecular weight is 276 g/mol. The molecule has 2 rings (SSSR count). The van der Waals surface area contributed by atoms with E-state index < -0.39 is 0 Å². The molecule has 0 aromatic heterocycles.